The molecule has 0 aliphatic carbocycles. The molecule has 4 N–H and O–H groups in total. The molecule has 4 aromatic heterocycles. The second-order valence-electron chi connectivity index (χ2n) is 9.78. The van der Waals surface area contributed by atoms with E-state index < -0.39 is 5.60 Å². The molecular weight excluding hydrogens is 428 g/mol. The average molecular weight is 461 g/mol. The number of aromatic amines is 1. The molecule has 34 heavy (non-hydrogen) atoms. The summed E-state index contributed by atoms with van der Waals surface area (Å²) in [5, 5.41) is 16.8. The van der Waals surface area contributed by atoms with Crippen molar-refractivity contribution in [1.82, 2.24) is 34.6 Å². The van der Waals surface area contributed by atoms with Crippen LogP contribution in [0.25, 0.3) is 33.4 Å². The maximum atomic E-state index is 11.4. The van der Waals surface area contributed by atoms with Crippen molar-refractivity contribution in [2.24, 2.45) is 0 Å². The number of aromatic nitrogens is 6. The van der Waals surface area contributed by atoms with Gasteiger partial charge in [-0.25, -0.2) is 15.0 Å². The van der Waals surface area contributed by atoms with Crippen molar-refractivity contribution in [2.75, 3.05) is 18.8 Å². The molecule has 9 heteroatoms. The first-order chi connectivity index (χ1) is 16.2. The van der Waals surface area contributed by atoms with E-state index in [9.17, 15) is 5.11 Å². The number of piperidine rings is 1. The number of nitrogens with two attached hydrogens (primary N) is 1. The van der Waals surface area contributed by atoms with Crippen LogP contribution in [0.4, 0.5) is 5.95 Å². The number of hydrogen-bond donors (Lipinski definition) is 3. The Morgan fingerprint density at radius 3 is 2.47 bits per heavy atom. The Morgan fingerprint density at radius 1 is 1.03 bits per heavy atom. The lowest BCUT2D eigenvalue weighted by atomic mass is 9.87. The minimum Gasteiger partial charge on any atom is -0.383 e. The Labute approximate surface area is 199 Å². The number of fused-ring (bicyclic) bond motifs is 1. The van der Waals surface area contributed by atoms with E-state index in [1.807, 2.05) is 35.5 Å². The number of nitrogens with zero attached hydrogens (tertiary/aromatic N) is 6. The molecule has 1 aliphatic heterocycles. The summed E-state index contributed by atoms with van der Waals surface area (Å²) in [6, 6.07) is 4.70. The van der Waals surface area contributed by atoms with Crippen LogP contribution in [0.1, 0.15) is 52.3 Å². The topological polar surface area (TPSA) is 122 Å². The van der Waals surface area contributed by atoms with E-state index in [4.69, 9.17) is 5.73 Å². The predicted molar refractivity (Wildman–Crippen MR) is 133 cm³/mol. The summed E-state index contributed by atoms with van der Waals surface area (Å²) in [6.07, 6.45) is 8.83. The van der Waals surface area contributed by atoms with Gasteiger partial charge in [-0.2, -0.15) is 5.10 Å². The third-order valence-electron chi connectivity index (χ3n) is 6.85. The van der Waals surface area contributed by atoms with Gasteiger partial charge in [0, 0.05) is 65.8 Å². The van der Waals surface area contributed by atoms with Crippen molar-refractivity contribution in [3.8, 4) is 22.4 Å². The van der Waals surface area contributed by atoms with E-state index in [0.29, 0.717) is 30.3 Å². The van der Waals surface area contributed by atoms with E-state index in [1.165, 1.54) is 0 Å². The van der Waals surface area contributed by atoms with E-state index >= 15 is 0 Å². The highest BCUT2D eigenvalue weighted by Gasteiger charge is 2.36. The summed E-state index contributed by atoms with van der Waals surface area (Å²) in [6.45, 7) is 10.2. The van der Waals surface area contributed by atoms with Gasteiger partial charge >= 0.3 is 0 Å². The molecule has 0 aromatic carbocycles. The number of aliphatic hydroxyl groups is 1. The highest BCUT2D eigenvalue weighted by molar-refractivity contribution is 5.95. The van der Waals surface area contributed by atoms with Gasteiger partial charge in [-0.15, -0.1) is 0 Å². The number of nitrogen functional groups attached to an aromatic ring is 1. The third kappa shape index (κ3) is 4.05. The van der Waals surface area contributed by atoms with Crippen molar-refractivity contribution in [3.05, 3.63) is 42.6 Å². The first kappa shape index (κ1) is 22.5. The molecule has 9 nitrogen and oxygen atoms in total. The summed E-state index contributed by atoms with van der Waals surface area (Å²) >= 11 is 0. The minimum absolute atomic E-state index is 0.156. The average Bonchev–Trinajstić information content (AvgIpc) is 3.46. The third-order valence-corrected chi connectivity index (χ3v) is 6.85. The highest BCUT2D eigenvalue weighted by Crippen LogP contribution is 2.36. The number of H-pyrrole nitrogens is 1. The number of pyridine rings is 1. The molecule has 5 rings (SSSR count). The molecule has 0 saturated carbocycles. The monoisotopic (exact) mass is 460 g/mol. The number of nitrogens with one attached hydrogen (secondary N) is 1. The Morgan fingerprint density at radius 2 is 1.79 bits per heavy atom. The van der Waals surface area contributed by atoms with E-state index in [2.05, 4.69) is 63.7 Å². The van der Waals surface area contributed by atoms with Crippen LogP contribution in [0.3, 0.4) is 0 Å². The SMILES string of the molecule is CC(C)N1CCC(O)(c2cc(-c3c[nH]c4ncc(-c5cnn(C(C)C)c5)cc34)nc(N)n2)CC1. The maximum absolute atomic E-state index is 11.4. The van der Waals surface area contributed by atoms with Crippen LogP contribution in [-0.4, -0.2) is 58.9 Å². The standard InChI is InChI=1S/C25H32N8O/c1-15(2)32-7-5-25(34,6-8-32)22-10-21(30-24(26)31-22)20-13-28-23-19(20)9-17(11-27-23)18-12-29-33(14-18)16(3)4/h9-16,34H,5-8H2,1-4H3,(H,27,28)(H2,26,30,31). The van der Waals surface area contributed by atoms with Gasteiger partial charge in [0.2, 0.25) is 5.95 Å². The van der Waals surface area contributed by atoms with Crippen molar-refractivity contribution in [1.29, 1.82) is 0 Å². The summed E-state index contributed by atoms with van der Waals surface area (Å²) in [5.41, 5.74) is 9.97. The van der Waals surface area contributed by atoms with Gasteiger partial charge in [0.15, 0.2) is 0 Å². The lowest BCUT2D eigenvalue weighted by Crippen LogP contribution is -2.45. The first-order valence-corrected chi connectivity index (χ1v) is 11.9. The normalized spacial score (nSPS) is 16.7. The van der Waals surface area contributed by atoms with Crippen LogP contribution < -0.4 is 5.73 Å². The number of likely N-dealkylation sites (tertiary alicyclic amines) is 1. The molecule has 1 fully saturated rings. The van der Waals surface area contributed by atoms with E-state index in [0.717, 1.165) is 40.8 Å². The Hall–Kier alpha value is -3.30. The Bertz CT molecular complexity index is 1310. The van der Waals surface area contributed by atoms with Crippen molar-refractivity contribution >= 4 is 17.0 Å². The number of hydrogen-bond acceptors (Lipinski definition) is 7. The van der Waals surface area contributed by atoms with Crippen LogP contribution >= 0.6 is 0 Å². The molecule has 0 amide bonds. The predicted octanol–water partition coefficient (Wildman–Crippen LogP) is 3.74. The molecule has 5 heterocycles. The van der Waals surface area contributed by atoms with Gasteiger partial charge in [0.25, 0.3) is 0 Å². The molecule has 178 valence electrons. The molecule has 0 radical (unpaired) electrons. The van der Waals surface area contributed by atoms with Gasteiger partial charge in [-0.1, -0.05) is 0 Å². The lowest BCUT2D eigenvalue weighted by molar-refractivity contribution is -0.0355. The van der Waals surface area contributed by atoms with Crippen molar-refractivity contribution < 1.29 is 5.11 Å². The zero-order valence-electron chi connectivity index (χ0n) is 20.2. The van der Waals surface area contributed by atoms with Crippen molar-refractivity contribution in [3.63, 3.8) is 0 Å². The minimum atomic E-state index is -1.02. The fraction of sp³-hybridized carbons (Fsp3) is 0.440. The molecule has 0 bridgehead atoms. The Balaban J connectivity index is 1.52. The Kier molecular flexibility index (Phi) is 5.61. The summed E-state index contributed by atoms with van der Waals surface area (Å²) in [4.78, 5) is 19.2. The molecule has 0 atom stereocenters. The fourth-order valence-electron chi connectivity index (χ4n) is 4.65. The van der Waals surface area contributed by atoms with Crippen LogP contribution in [-0.2, 0) is 5.60 Å². The largest absolute Gasteiger partial charge is 0.383 e. The summed E-state index contributed by atoms with van der Waals surface area (Å²) < 4.78 is 1.93. The molecular formula is C25H32N8O. The smallest absolute Gasteiger partial charge is 0.220 e. The molecule has 1 saturated heterocycles. The summed E-state index contributed by atoms with van der Waals surface area (Å²) in [5.74, 6) is 0.156. The molecule has 0 unspecified atom stereocenters. The zero-order chi connectivity index (χ0) is 24.0. The van der Waals surface area contributed by atoms with Gasteiger partial charge in [0.05, 0.1) is 17.6 Å². The molecule has 1 aliphatic rings. The van der Waals surface area contributed by atoms with Gasteiger partial charge in [-0.05, 0) is 52.7 Å². The zero-order valence-corrected chi connectivity index (χ0v) is 20.2. The lowest BCUT2D eigenvalue weighted by Gasteiger charge is -2.39. The van der Waals surface area contributed by atoms with Gasteiger partial charge in [-0.3, -0.25) is 4.68 Å². The van der Waals surface area contributed by atoms with E-state index in [1.54, 1.807) is 0 Å². The second-order valence-corrected chi connectivity index (χ2v) is 9.78. The van der Waals surface area contributed by atoms with Gasteiger partial charge < -0.3 is 20.7 Å². The van der Waals surface area contributed by atoms with Gasteiger partial charge in [0.1, 0.15) is 11.2 Å². The van der Waals surface area contributed by atoms with Crippen molar-refractivity contribution in [2.45, 2.75) is 58.2 Å². The molecule has 4 aromatic rings. The summed E-state index contributed by atoms with van der Waals surface area (Å²) in [7, 11) is 0. The van der Waals surface area contributed by atoms with E-state index in [-0.39, 0.29) is 12.0 Å². The van der Waals surface area contributed by atoms with Crippen LogP contribution in [0, 0.1) is 0 Å². The maximum Gasteiger partial charge on any atom is 0.220 e. The van der Waals surface area contributed by atoms with Crippen LogP contribution in [0.5, 0.6) is 0 Å². The highest BCUT2D eigenvalue weighted by atomic mass is 16.3. The number of anilines is 1. The number of rotatable bonds is 5. The molecule has 0 spiro atoms. The quantitative estimate of drug-likeness (QED) is 0.415. The second kappa shape index (κ2) is 8.48. The van der Waals surface area contributed by atoms with Crippen LogP contribution in [0.2, 0.25) is 0 Å². The first-order valence-electron chi connectivity index (χ1n) is 11.9. The van der Waals surface area contributed by atoms with Crippen LogP contribution in [0.15, 0.2) is 36.9 Å². The fourth-order valence-corrected chi connectivity index (χ4v) is 4.65.